The molecule has 2 aromatic rings. The first-order valence-corrected chi connectivity index (χ1v) is 6.62. The second kappa shape index (κ2) is 5.13. The van der Waals surface area contributed by atoms with Gasteiger partial charge in [0.2, 0.25) is 5.82 Å². The van der Waals surface area contributed by atoms with Gasteiger partial charge in [-0.25, -0.2) is 4.79 Å². The third kappa shape index (κ3) is 2.34. The van der Waals surface area contributed by atoms with Crippen LogP contribution in [-0.4, -0.2) is 33.8 Å². The number of anilines is 1. The van der Waals surface area contributed by atoms with Crippen LogP contribution in [0.25, 0.3) is 11.4 Å². The lowest BCUT2D eigenvalue weighted by molar-refractivity contribution is -0.138. The van der Waals surface area contributed by atoms with Gasteiger partial charge in [-0.05, 0) is 25.0 Å². The molecule has 0 saturated carbocycles. The van der Waals surface area contributed by atoms with Gasteiger partial charge in [0.1, 0.15) is 6.04 Å². The standard InChI is InChI=1S/C13H12ClN3O3/c14-9-4-1-3-8(7-9)11-15-13(20-16-11)17-6-2-5-10(17)12(18)19/h1,3-4,7,10H,2,5-6H2,(H,18,19)/t10-/m0/s1. The minimum absolute atomic E-state index is 0.241. The summed E-state index contributed by atoms with van der Waals surface area (Å²) in [6.45, 7) is 0.605. The molecular formula is C13H12ClN3O3. The zero-order valence-corrected chi connectivity index (χ0v) is 11.2. The molecule has 0 radical (unpaired) electrons. The highest BCUT2D eigenvalue weighted by molar-refractivity contribution is 6.30. The monoisotopic (exact) mass is 293 g/mol. The summed E-state index contributed by atoms with van der Waals surface area (Å²) in [6.07, 6.45) is 1.38. The molecule has 1 aromatic carbocycles. The summed E-state index contributed by atoms with van der Waals surface area (Å²) < 4.78 is 5.18. The Balaban J connectivity index is 1.89. The summed E-state index contributed by atoms with van der Waals surface area (Å²) in [7, 11) is 0. The van der Waals surface area contributed by atoms with E-state index in [1.54, 1.807) is 23.1 Å². The highest BCUT2D eigenvalue weighted by atomic mass is 35.5. The molecule has 1 saturated heterocycles. The zero-order chi connectivity index (χ0) is 14.1. The molecule has 0 aliphatic carbocycles. The van der Waals surface area contributed by atoms with Gasteiger partial charge >= 0.3 is 12.0 Å². The predicted molar refractivity (Wildman–Crippen MR) is 72.7 cm³/mol. The van der Waals surface area contributed by atoms with E-state index < -0.39 is 12.0 Å². The van der Waals surface area contributed by atoms with Gasteiger partial charge in [0.15, 0.2) is 0 Å². The number of halogens is 1. The van der Waals surface area contributed by atoms with Crippen molar-refractivity contribution in [2.75, 3.05) is 11.4 Å². The third-order valence-corrected chi connectivity index (χ3v) is 3.52. The second-order valence-electron chi connectivity index (χ2n) is 4.60. The van der Waals surface area contributed by atoms with Gasteiger partial charge in [0.05, 0.1) is 0 Å². The van der Waals surface area contributed by atoms with Crippen molar-refractivity contribution in [3.05, 3.63) is 29.3 Å². The van der Waals surface area contributed by atoms with Crippen LogP contribution in [0.5, 0.6) is 0 Å². The summed E-state index contributed by atoms with van der Waals surface area (Å²) in [4.78, 5) is 17.0. The number of hydrogen-bond acceptors (Lipinski definition) is 5. The van der Waals surface area contributed by atoms with E-state index in [1.807, 2.05) is 6.07 Å². The first-order valence-electron chi connectivity index (χ1n) is 6.24. The van der Waals surface area contributed by atoms with Gasteiger partial charge in [-0.15, -0.1) is 0 Å². The Bertz CT molecular complexity index is 643. The number of carboxylic acids is 1. The van der Waals surface area contributed by atoms with Crippen molar-refractivity contribution in [1.82, 2.24) is 10.1 Å². The Morgan fingerprint density at radius 2 is 2.35 bits per heavy atom. The lowest BCUT2D eigenvalue weighted by atomic mass is 10.2. The van der Waals surface area contributed by atoms with Gasteiger partial charge in [-0.2, -0.15) is 4.98 Å². The van der Waals surface area contributed by atoms with E-state index in [4.69, 9.17) is 21.2 Å². The van der Waals surface area contributed by atoms with Crippen molar-refractivity contribution in [3.63, 3.8) is 0 Å². The van der Waals surface area contributed by atoms with Crippen molar-refractivity contribution in [1.29, 1.82) is 0 Å². The summed E-state index contributed by atoms with van der Waals surface area (Å²) >= 11 is 5.92. The van der Waals surface area contributed by atoms with Crippen LogP contribution in [0.1, 0.15) is 12.8 Å². The Labute approximate surface area is 120 Å². The van der Waals surface area contributed by atoms with Crippen molar-refractivity contribution in [2.24, 2.45) is 0 Å². The average Bonchev–Trinajstić information content (AvgIpc) is 3.07. The number of carboxylic acid groups (broad SMARTS) is 1. The number of carbonyl (C=O) groups is 1. The summed E-state index contributed by atoms with van der Waals surface area (Å²) in [5.41, 5.74) is 0.735. The fraction of sp³-hybridized carbons (Fsp3) is 0.308. The van der Waals surface area contributed by atoms with Crippen molar-refractivity contribution >= 4 is 23.6 Å². The molecule has 0 unspecified atom stereocenters. The van der Waals surface area contributed by atoms with Crippen molar-refractivity contribution in [2.45, 2.75) is 18.9 Å². The molecule has 6 nitrogen and oxygen atoms in total. The van der Waals surface area contributed by atoms with Gasteiger partial charge < -0.3 is 14.5 Å². The second-order valence-corrected chi connectivity index (χ2v) is 5.04. The van der Waals surface area contributed by atoms with Crippen molar-refractivity contribution in [3.8, 4) is 11.4 Å². The van der Waals surface area contributed by atoms with Crippen LogP contribution in [0.2, 0.25) is 5.02 Å². The molecule has 0 spiro atoms. The Hall–Kier alpha value is -2.08. The maximum absolute atomic E-state index is 11.2. The molecule has 104 valence electrons. The number of nitrogens with zero attached hydrogens (tertiary/aromatic N) is 3. The molecule has 3 rings (SSSR count). The van der Waals surface area contributed by atoms with Crippen LogP contribution in [0, 0.1) is 0 Å². The number of benzene rings is 1. The lowest BCUT2D eigenvalue weighted by Gasteiger charge is -2.17. The first kappa shape index (κ1) is 12.9. The summed E-state index contributed by atoms with van der Waals surface area (Å²) in [5, 5.41) is 13.6. The maximum Gasteiger partial charge on any atom is 0.326 e. The summed E-state index contributed by atoms with van der Waals surface area (Å²) in [5.74, 6) is -0.469. The molecule has 1 aliphatic heterocycles. The highest BCUT2D eigenvalue weighted by Gasteiger charge is 2.34. The Morgan fingerprint density at radius 1 is 1.50 bits per heavy atom. The van der Waals surface area contributed by atoms with Crippen LogP contribution >= 0.6 is 11.6 Å². The first-order chi connectivity index (χ1) is 9.65. The largest absolute Gasteiger partial charge is 0.480 e. The molecule has 1 aliphatic rings. The normalized spacial score (nSPS) is 18.4. The minimum atomic E-state index is -0.870. The van der Waals surface area contributed by atoms with E-state index in [0.717, 1.165) is 12.0 Å². The van der Waals surface area contributed by atoms with E-state index >= 15 is 0 Å². The molecule has 2 heterocycles. The van der Waals surface area contributed by atoms with E-state index in [-0.39, 0.29) is 6.01 Å². The van der Waals surface area contributed by atoms with E-state index in [0.29, 0.717) is 23.8 Å². The molecular weight excluding hydrogens is 282 g/mol. The van der Waals surface area contributed by atoms with Gasteiger partial charge in [0.25, 0.3) is 0 Å². The Kier molecular flexibility index (Phi) is 3.31. The molecule has 1 N–H and O–H groups in total. The topological polar surface area (TPSA) is 79.5 Å². The molecule has 7 heteroatoms. The number of rotatable bonds is 3. The number of hydrogen-bond donors (Lipinski definition) is 1. The molecule has 1 atom stereocenters. The SMILES string of the molecule is O=C(O)[C@@H]1CCCN1c1nc(-c2cccc(Cl)c2)no1. The third-order valence-electron chi connectivity index (χ3n) is 3.28. The predicted octanol–water partition coefficient (Wildman–Crippen LogP) is 2.44. The van der Waals surface area contributed by atoms with E-state index in [1.165, 1.54) is 0 Å². The van der Waals surface area contributed by atoms with Crippen LogP contribution in [0.3, 0.4) is 0 Å². The number of aliphatic carboxylic acids is 1. The van der Waals surface area contributed by atoms with Gasteiger partial charge in [0, 0.05) is 17.1 Å². The van der Waals surface area contributed by atoms with Crippen LogP contribution < -0.4 is 4.90 Å². The summed E-state index contributed by atoms with van der Waals surface area (Å²) in [6, 6.07) is 6.75. The van der Waals surface area contributed by atoms with Gasteiger partial charge in [-0.3, -0.25) is 0 Å². The van der Waals surface area contributed by atoms with E-state index in [9.17, 15) is 4.79 Å². The smallest absolute Gasteiger partial charge is 0.326 e. The highest BCUT2D eigenvalue weighted by Crippen LogP contribution is 2.27. The molecule has 0 amide bonds. The lowest BCUT2D eigenvalue weighted by Crippen LogP contribution is -2.36. The van der Waals surface area contributed by atoms with Gasteiger partial charge in [-0.1, -0.05) is 28.9 Å². The minimum Gasteiger partial charge on any atom is -0.480 e. The van der Waals surface area contributed by atoms with Crippen LogP contribution in [0.4, 0.5) is 6.01 Å². The Morgan fingerprint density at radius 3 is 3.10 bits per heavy atom. The maximum atomic E-state index is 11.2. The van der Waals surface area contributed by atoms with Crippen molar-refractivity contribution < 1.29 is 14.4 Å². The van der Waals surface area contributed by atoms with E-state index in [2.05, 4.69) is 10.1 Å². The average molecular weight is 294 g/mol. The molecule has 1 fully saturated rings. The molecule has 0 bridgehead atoms. The quantitative estimate of drug-likeness (QED) is 0.936. The molecule has 1 aromatic heterocycles. The van der Waals surface area contributed by atoms with Crippen LogP contribution in [-0.2, 0) is 4.79 Å². The van der Waals surface area contributed by atoms with Crippen LogP contribution in [0.15, 0.2) is 28.8 Å². The number of aromatic nitrogens is 2. The zero-order valence-electron chi connectivity index (χ0n) is 10.5. The fourth-order valence-electron chi connectivity index (χ4n) is 2.33. The molecule has 20 heavy (non-hydrogen) atoms. The fourth-order valence-corrected chi connectivity index (χ4v) is 2.52.